The molecule has 216 valence electrons. The first-order chi connectivity index (χ1) is 20.7. The maximum absolute atomic E-state index is 6.24. The largest absolute Gasteiger partial charge is 0.509 e. The summed E-state index contributed by atoms with van der Waals surface area (Å²) in [5, 5.41) is 11.5. The fraction of sp³-hybridized carbons (Fsp3) is 0.0833. The molecule has 6 nitrogen and oxygen atoms in total. The topological polar surface area (TPSA) is 45.9 Å². The van der Waals surface area contributed by atoms with Crippen LogP contribution in [0.5, 0.6) is 11.5 Å². The number of aromatic nitrogens is 2. The van der Waals surface area contributed by atoms with Gasteiger partial charge in [-0.1, -0.05) is 78.5 Å². The van der Waals surface area contributed by atoms with Crippen molar-refractivity contribution in [3.63, 3.8) is 0 Å². The average Bonchev–Trinajstić information content (AvgIpc) is 3.67. The number of ether oxygens (including phenoxy) is 1. The van der Waals surface area contributed by atoms with Crippen LogP contribution < -0.4 is 14.6 Å². The third-order valence-corrected chi connectivity index (χ3v) is 7.24. The molecule has 7 rings (SSSR count). The molecule has 7 heteroatoms. The first kappa shape index (κ1) is 28.4. The van der Waals surface area contributed by atoms with Gasteiger partial charge in [-0.15, -0.1) is 43.1 Å². The molecule has 0 saturated heterocycles. The minimum atomic E-state index is 0. The van der Waals surface area contributed by atoms with Gasteiger partial charge in [-0.2, -0.15) is 22.3 Å². The van der Waals surface area contributed by atoms with Crippen molar-refractivity contribution in [2.75, 3.05) is 9.91 Å². The zero-order valence-electron chi connectivity index (χ0n) is 23.4. The summed E-state index contributed by atoms with van der Waals surface area (Å²) in [6, 6.07) is 38.9. The van der Waals surface area contributed by atoms with Gasteiger partial charge in [0.15, 0.2) is 0 Å². The minimum absolute atomic E-state index is 0. The second kappa shape index (κ2) is 12.7. The Morgan fingerprint density at radius 1 is 0.814 bits per heavy atom. The van der Waals surface area contributed by atoms with Crippen LogP contribution >= 0.6 is 0 Å². The van der Waals surface area contributed by atoms with Gasteiger partial charge in [0.25, 0.3) is 0 Å². The van der Waals surface area contributed by atoms with E-state index in [0.717, 1.165) is 46.1 Å². The number of rotatable bonds is 7. The Hall–Kier alpha value is -4.67. The number of nitrogens with zero attached hydrogens (tertiary/aromatic N) is 5. The van der Waals surface area contributed by atoms with E-state index in [1.807, 2.05) is 83.8 Å². The molecular formula is C36H28N5OPt-3. The summed E-state index contributed by atoms with van der Waals surface area (Å²) >= 11 is 0. The van der Waals surface area contributed by atoms with Crippen LogP contribution in [0.25, 0.3) is 16.8 Å². The number of allylic oxidation sites excluding steroid dienone is 4. The van der Waals surface area contributed by atoms with Crippen LogP contribution in [0.15, 0.2) is 133 Å². The summed E-state index contributed by atoms with van der Waals surface area (Å²) in [4.78, 5) is 2.04. The van der Waals surface area contributed by atoms with Crippen LogP contribution in [-0.2, 0) is 21.1 Å². The third kappa shape index (κ3) is 6.11. The van der Waals surface area contributed by atoms with Crippen molar-refractivity contribution in [2.45, 2.75) is 19.3 Å². The van der Waals surface area contributed by atoms with Gasteiger partial charge >= 0.3 is 0 Å². The summed E-state index contributed by atoms with van der Waals surface area (Å²) in [5.74, 6) is 2.24. The van der Waals surface area contributed by atoms with E-state index in [4.69, 9.17) is 14.9 Å². The van der Waals surface area contributed by atoms with Crippen molar-refractivity contribution in [1.29, 1.82) is 0 Å². The van der Waals surface area contributed by atoms with Crippen molar-refractivity contribution in [3.8, 4) is 28.3 Å². The molecule has 1 atom stereocenters. The predicted molar refractivity (Wildman–Crippen MR) is 168 cm³/mol. The third-order valence-electron chi connectivity index (χ3n) is 7.24. The summed E-state index contributed by atoms with van der Waals surface area (Å²) in [7, 11) is 0. The second-order valence-electron chi connectivity index (χ2n) is 10.1. The number of hydrogen-bond donors (Lipinski definition) is 0. The molecular weight excluding hydrogens is 714 g/mol. The van der Waals surface area contributed by atoms with Crippen molar-refractivity contribution in [1.82, 2.24) is 9.78 Å². The maximum atomic E-state index is 6.24. The van der Waals surface area contributed by atoms with Crippen LogP contribution in [0.1, 0.15) is 25.0 Å². The number of para-hydroxylation sites is 1. The fourth-order valence-electron chi connectivity index (χ4n) is 5.17. The zero-order chi connectivity index (χ0) is 28.3. The monoisotopic (exact) mass is 741 g/mol. The van der Waals surface area contributed by atoms with Crippen LogP contribution in [0, 0.1) is 18.8 Å². The van der Waals surface area contributed by atoms with Gasteiger partial charge in [0.1, 0.15) is 0 Å². The number of amidine groups is 1. The first-order valence-corrected chi connectivity index (χ1v) is 14.0. The minimum Gasteiger partial charge on any atom is -0.509 e. The summed E-state index contributed by atoms with van der Waals surface area (Å²) in [6.45, 7) is 3.93. The molecule has 0 amide bonds. The van der Waals surface area contributed by atoms with Gasteiger partial charge < -0.3 is 14.6 Å². The van der Waals surface area contributed by atoms with E-state index in [1.54, 1.807) is 5.01 Å². The Bertz CT molecular complexity index is 1800. The molecule has 1 aliphatic carbocycles. The SMILES string of the molecule is CC1=NN(c2[c-]c(Oc3[c-]c(-n4cc(-c5ccccc5)c([C@@H]5C=CC=CC5)n4)ccc3)ccc2)[CH-]N1c1ccccc1.[Pt]. The van der Waals surface area contributed by atoms with Gasteiger partial charge in [-0.05, 0) is 36.7 Å². The van der Waals surface area contributed by atoms with Gasteiger partial charge in [0.05, 0.1) is 11.5 Å². The second-order valence-corrected chi connectivity index (χ2v) is 10.1. The van der Waals surface area contributed by atoms with Gasteiger partial charge in [0.2, 0.25) is 0 Å². The number of hydrogen-bond acceptors (Lipinski definition) is 5. The molecule has 0 bridgehead atoms. The number of benzene rings is 4. The zero-order valence-corrected chi connectivity index (χ0v) is 25.7. The van der Waals surface area contributed by atoms with E-state index in [9.17, 15) is 0 Å². The van der Waals surface area contributed by atoms with E-state index >= 15 is 0 Å². The maximum Gasteiger partial charge on any atom is 0.0952 e. The Morgan fingerprint density at radius 2 is 1.51 bits per heavy atom. The normalized spacial score (nSPS) is 15.7. The quantitative estimate of drug-likeness (QED) is 0.158. The molecule has 2 heterocycles. The molecule has 43 heavy (non-hydrogen) atoms. The summed E-state index contributed by atoms with van der Waals surface area (Å²) < 4.78 is 8.14. The van der Waals surface area contributed by atoms with E-state index < -0.39 is 0 Å². The van der Waals surface area contributed by atoms with Crippen LogP contribution in [-0.4, -0.2) is 15.6 Å². The van der Waals surface area contributed by atoms with Crippen molar-refractivity contribution in [3.05, 3.63) is 152 Å². The molecule has 0 spiro atoms. The number of anilines is 2. The Balaban J connectivity index is 0.00000329. The predicted octanol–water partition coefficient (Wildman–Crippen LogP) is 8.31. The molecule has 0 N–H and O–H groups in total. The Morgan fingerprint density at radius 3 is 2.23 bits per heavy atom. The molecule has 0 fully saturated rings. The molecule has 2 aliphatic rings. The van der Waals surface area contributed by atoms with Crippen LogP contribution in [0.4, 0.5) is 11.4 Å². The summed E-state index contributed by atoms with van der Waals surface area (Å²) in [6.07, 6.45) is 11.6. The van der Waals surface area contributed by atoms with E-state index in [-0.39, 0.29) is 27.0 Å². The number of hydrazone groups is 1. The molecule has 0 saturated carbocycles. The fourth-order valence-corrected chi connectivity index (χ4v) is 5.17. The molecule has 4 aromatic carbocycles. The molecule has 5 aromatic rings. The first-order valence-electron chi connectivity index (χ1n) is 14.0. The summed E-state index contributed by atoms with van der Waals surface area (Å²) in [5.41, 5.74) is 5.93. The van der Waals surface area contributed by atoms with Crippen LogP contribution in [0.2, 0.25) is 0 Å². The van der Waals surface area contributed by atoms with Crippen LogP contribution in [0.3, 0.4) is 0 Å². The smallest absolute Gasteiger partial charge is 0.0952 e. The average molecular weight is 742 g/mol. The van der Waals surface area contributed by atoms with E-state index in [1.165, 1.54) is 0 Å². The molecule has 0 radical (unpaired) electrons. The van der Waals surface area contributed by atoms with Gasteiger partial charge in [0, 0.05) is 55.9 Å². The standard InChI is InChI=1S/C36H28N5O.Pt/c1-27-37-41(26-39(27)30-17-9-4-10-18-30)32-20-12-22-34(24-32)42-33-21-11-19-31(23-33)40-25-35(28-13-5-2-6-14-28)36(38-40)29-15-7-3-8-16-29;/h2-15,17-22,25-26,29H,16H2,1H3;/q-3;/t29-;/m1./s1. The molecule has 1 aliphatic heterocycles. The van der Waals surface area contributed by atoms with Crippen molar-refractivity contribution >= 4 is 17.2 Å². The van der Waals surface area contributed by atoms with Gasteiger partial charge in [-0.3, -0.25) is 4.68 Å². The Labute approximate surface area is 266 Å². The van der Waals surface area contributed by atoms with Gasteiger partial charge in [-0.25, -0.2) is 0 Å². The van der Waals surface area contributed by atoms with Crippen molar-refractivity contribution < 1.29 is 25.8 Å². The molecule has 1 aromatic heterocycles. The van der Waals surface area contributed by atoms with Crippen molar-refractivity contribution in [2.24, 2.45) is 5.10 Å². The van der Waals surface area contributed by atoms with E-state index in [2.05, 4.69) is 79.0 Å². The molecule has 0 unspecified atom stereocenters. The Kier molecular flexibility index (Phi) is 8.39. The van der Waals surface area contributed by atoms with E-state index in [0.29, 0.717) is 11.5 Å².